The van der Waals surface area contributed by atoms with Crippen molar-refractivity contribution >= 4 is 5.97 Å². The van der Waals surface area contributed by atoms with Gasteiger partial charge in [0.15, 0.2) is 0 Å². The lowest BCUT2D eigenvalue weighted by Gasteiger charge is -1.98. The Balaban J connectivity index is 0.000000423. The minimum atomic E-state index is -0.923. The first-order valence-corrected chi connectivity index (χ1v) is 4.24. The van der Waals surface area contributed by atoms with Gasteiger partial charge < -0.3 is 20.1 Å². The molecule has 0 aliphatic heterocycles. The minimum Gasteiger partial charge on any atom is -0.497 e. The van der Waals surface area contributed by atoms with E-state index in [1.807, 2.05) is 0 Å². The smallest absolute Gasteiger partial charge is 0.335 e. The van der Waals surface area contributed by atoms with E-state index >= 15 is 0 Å². The van der Waals surface area contributed by atoms with E-state index in [9.17, 15) is 4.79 Å². The molecule has 0 saturated carbocycles. The van der Waals surface area contributed by atoms with Gasteiger partial charge in [0.1, 0.15) is 5.75 Å². The van der Waals surface area contributed by atoms with Crippen LogP contribution in [0.2, 0.25) is 0 Å². The molecular formula is C10H14O5. The Morgan fingerprint density at radius 1 is 1.20 bits per heavy atom. The molecule has 1 aromatic carbocycles. The fourth-order valence-corrected chi connectivity index (χ4v) is 0.734. The molecule has 0 spiro atoms. The lowest BCUT2D eigenvalue weighted by atomic mass is 10.2. The standard InChI is InChI=1S/C8H8O3.C2H6O2/c1-11-7-4-2-6(3-5-7)8(9)10;3-1-2-4/h2-5H,1H3,(H,9,10);3-4H,1-2H2. The zero-order chi connectivity index (χ0) is 11.7. The van der Waals surface area contributed by atoms with E-state index in [1.54, 1.807) is 12.1 Å². The molecule has 0 atom stereocenters. The Labute approximate surface area is 87.6 Å². The van der Waals surface area contributed by atoms with Gasteiger partial charge in [0.25, 0.3) is 0 Å². The van der Waals surface area contributed by atoms with Gasteiger partial charge in [0.2, 0.25) is 0 Å². The summed E-state index contributed by atoms with van der Waals surface area (Å²) in [6, 6.07) is 6.23. The summed E-state index contributed by atoms with van der Waals surface area (Å²) in [5.41, 5.74) is 0.269. The van der Waals surface area contributed by atoms with Gasteiger partial charge >= 0.3 is 5.97 Å². The third-order valence-electron chi connectivity index (χ3n) is 1.44. The number of methoxy groups -OCH3 is 1. The molecule has 0 radical (unpaired) electrons. The number of carboxylic acids is 1. The molecule has 0 aromatic heterocycles. The van der Waals surface area contributed by atoms with E-state index in [0.717, 1.165) is 0 Å². The number of carbonyl (C=O) groups is 1. The van der Waals surface area contributed by atoms with Crippen LogP contribution >= 0.6 is 0 Å². The van der Waals surface area contributed by atoms with Crippen LogP contribution < -0.4 is 4.74 Å². The molecule has 84 valence electrons. The number of carboxylic acid groups (broad SMARTS) is 1. The van der Waals surface area contributed by atoms with Crippen molar-refractivity contribution in [1.29, 1.82) is 0 Å². The highest BCUT2D eigenvalue weighted by Gasteiger charge is 2.00. The van der Waals surface area contributed by atoms with E-state index in [2.05, 4.69) is 0 Å². The molecular weight excluding hydrogens is 200 g/mol. The Morgan fingerprint density at radius 2 is 1.67 bits per heavy atom. The summed E-state index contributed by atoms with van der Waals surface area (Å²) in [4.78, 5) is 10.4. The van der Waals surface area contributed by atoms with Gasteiger partial charge in [-0.25, -0.2) is 4.79 Å². The molecule has 0 aliphatic rings. The average molecular weight is 214 g/mol. The second-order valence-corrected chi connectivity index (χ2v) is 2.48. The second-order valence-electron chi connectivity index (χ2n) is 2.48. The van der Waals surface area contributed by atoms with Crippen LogP contribution in [0.5, 0.6) is 5.75 Å². The zero-order valence-corrected chi connectivity index (χ0v) is 8.38. The van der Waals surface area contributed by atoms with Crippen molar-refractivity contribution in [1.82, 2.24) is 0 Å². The van der Waals surface area contributed by atoms with Crippen LogP contribution in [0.3, 0.4) is 0 Å². The van der Waals surface area contributed by atoms with Gasteiger partial charge in [-0.3, -0.25) is 0 Å². The molecule has 0 fully saturated rings. The molecule has 1 aromatic rings. The zero-order valence-electron chi connectivity index (χ0n) is 8.38. The van der Waals surface area contributed by atoms with Crippen LogP contribution in [-0.4, -0.2) is 41.6 Å². The van der Waals surface area contributed by atoms with Crippen molar-refractivity contribution in [2.24, 2.45) is 0 Å². The topological polar surface area (TPSA) is 87.0 Å². The maximum absolute atomic E-state index is 10.4. The number of benzene rings is 1. The molecule has 0 aliphatic carbocycles. The summed E-state index contributed by atoms with van der Waals surface area (Å²) >= 11 is 0. The number of rotatable bonds is 3. The Bertz CT molecular complexity index is 278. The van der Waals surface area contributed by atoms with E-state index in [0.29, 0.717) is 5.75 Å². The number of aliphatic hydroxyl groups excluding tert-OH is 2. The van der Waals surface area contributed by atoms with Crippen LogP contribution in [0.1, 0.15) is 10.4 Å². The van der Waals surface area contributed by atoms with Gasteiger partial charge in [-0.2, -0.15) is 0 Å². The molecule has 0 heterocycles. The Kier molecular flexibility index (Phi) is 6.96. The number of hydrogen-bond donors (Lipinski definition) is 3. The molecule has 0 saturated heterocycles. The third-order valence-corrected chi connectivity index (χ3v) is 1.44. The van der Waals surface area contributed by atoms with Crippen LogP contribution in [0.4, 0.5) is 0 Å². The van der Waals surface area contributed by atoms with Crippen molar-refractivity contribution in [3.63, 3.8) is 0 Å². The van der Waals surface area contributed by atoms with Crippen molar-refractivity contribution in [3.8, 4) is 5.75 Å². The monoisotopic (exact) mass is 214 g/mol. The fourth-order valence-electron chi connectivity index (χ4n) is 0.734. The van der Waals surface area contributed by atoms with Crippen molar-refractivity contribution in [2.45, 2.75) is 0 Å². The maximum atomic E-state index is 10.4. The van der Waals surface area contributed by atoms with Crippen molar-refractivity contribution < 1.29 is 24.9 Å². The molecule has 0 bridgehead atoms. The van der Waals surface area contributed by atoms with E-state index < -0.39 is 5.97 Å². The quantitative estimate of drug-likeness (QED) is 0.676. The highest BCUT2D eigenvalue weighted by Crippen LogP contribution is 2.10. The molecule has 0 unspecified atom stereocenters. The van der Waals surface area contributed by atoms with Gasteiger partial charge in [-0.1, -0.05) is 0 Å². The largest absolute Gasteiger partial charge is 0.497 e. The summed E-state index contributed by atoms with van der Waals surface area (Å²) in [6.07, 6.45) is 0. The first-order valence-electron chi connectivity index (χ1n) is 4.24. The number of ether oxygens (including phenoxy) is 1. The lowest BCUT2D eigenvalue weighted by Crippen LogP contribution is -1.95. The van der Waals surface area contributed by atoms with Crippen molar-refractivity contribution in [2.75, 3.05) is 20.3 Å². The molecule has 0 amide bonds. The fraction of sp³-hybridized carbons (Fsp3) is 0.300. The van der Waals surface area contributed by atoms with Gasteiger partial charge in [-0.05, 0) is 24.3 Å². The Morgan fingerprint density at radius 3 is 1.93 bits per heavy atom. The summed E-state index contributed by atoms with van der Waals surface area (Å²) in [5.74, 6) is -0.261. The third kappa shape index (κ3) is 5.66. The number of aromatic carboxylic acids is 1. The van der Waals surface area contributed by atoms with Crippen LogP contribution in [0.15, 0.2) is 24.3 Å². The summed E-state index contributed by atoms with van der Waals surface area (Å²) in [6.45, 7) is -0.250. The Hall–Kier alpha value is -1.59. The van der Waals surface area contributed by atoms with E-state index in [-0.39, 0.29) is 18.8 Å². The van der Waals surface area contributed by atoms with E-state index in [1.165, 1.54) is 19.2 Å². The second kappa shape index (κ2) is 7.78. The predicted octanol–water partition coefficient (Wildman–Crippen LogP) is 0.364. The molecule has 5 heteroatoms. The van der Waals surface area contributed by atoms with Crippen LogP contribution in [0.25, 0.3) is 0 Å². The lowest BCUT2D eigenvalue weighted by molar-refractivity contribution is 0.0697. The minimum absolute atomic E-state index is 0.125. The van der Waals surface area contributed by atoms with Gasteiger partial charge in [0.05, 0.1) is 25.9 Å². The van der Waals surface area contributed by atoms with Crippen LogP contribution in [-0.2, 0) is 0 Å². The van der Waals surface area contributed by atoms with Gasteiger partial charge in [0, 0.05) is 0 Å². The van der Waals surface area contributed by atoms with Crippen molar-refractivity contribution in [3.05, 3.63) is 29.8 Å². The summed E-state index contributed by atoms with van der Waals surface area (Å²) < 4.78 is 4.86. The normalized spacial score (nSPS) is 8.73. The first kappa shape index (κ1) is 13.4. The highest BCUT2D eigenvalue weighted by molar-refractivity contribution is 5.87. The number of aliphatic hydroxyl groups is 2. The maximum Gasteiger partial charge on any atom is 0.335 e. The summed E-state index contributed by atoms with van der Waals surface area (Å²) in [7, 11) is 1.54. The summed E-state index contributed by atoms with van der Waals surface area (Å²) in [5, 5.41) is 23.8. The predicted molar refractivity (Wildman–Crippen MR) is 54.1 cm³/mol. The average Bonchev–Trinajstić information content (AvgIpc) is 2.29. The molecule has 3 N–H and O–H groups in total. The molecule has 5 nitrogen and oxygen atoms in total. The SMILES string of the molecule is COc1ccc(C(=O)O)cc1.OCCO. The first-order chi connectivity index (χ1) is 7.15. The molecule has 15 heavy (non-hydrogen) atoms. The molecule has 1 rings (SSSR count). The van der Waals surface area contributed by atoms with Gasteiger partial charge in [-0.15, -0.1) is 0 Å². The van der Waals surface area contributed by atoms with E-state index in [4.69, 9.17) is 20.1 Å². The van der Waals surface area contributed by atoms with Crippen LogP contribution in [0, 0.1) is 0 Å². The highest BCUT2D eigenvalue weighted by atomic mass is 16.5. The number of hydrogen-bond acceptors (Lipinski definition) is 4.